The summed E-state index contributed by atoms with van der Waals surface area (Å²) in [5, 5.41) is 2.26. The molecule has 0 atom stereocenters. The molecule has 3 N–H and O–H groups in total. The summed E-state index contributed by atoms with van der Waals surface area (Å²) in [5.41, 5.74) is 3.37. The predicted octanol–water partition coefficient (Wildman–Crippen LogP) is 3.22. The number of amides is 2. The largest absolute Gasteiger partial charge is 0.494 e. The topological polar surface area (TPSA) is 90.7 Å². The Balaban J connectivity index is 2.04. The van der Waals surface area contributed by atoms with Gasteiger partial charge >= 0.3 is 6.18 Å². The second kappa shape index (κ2) is 8.43. The highest BCUT2D eigenvalue weighted by Gasteiger charge is 2.31. The minimum Gasteiger partial charge on any atom is -0.494 e. The van der Waals surface area contributed by atoms with Crippen LogP contribution in [0.25, 0.3) is 0 Å². The van der Waals surface area contributed by atoms with Gasteiger partial charge in [0.2, 0.25) is 5.91 Å². The van der Waals surface area contributed by atoms with Crippen molar-refractivity contribution in [2.45, 2.75) is 13.1 Å². The molecule has 0 bridgehead atoms. The van der Waals surface area contributed by atoms with Crippen molar-refractivity contribution in [3.63, 3.8) is 0 Å². The van der Waals surface area contributed by atoms with Crippen LogP contribution in [0.5, 0.6) is 11.5 Å². The number of ether oxygens (including phenoxy) is 2. The van der Waals surface area contributed by atoms with E-state index < -0.39 is 30.2 Å². The van der Waals surface area contributed by atoms with Crippen molar-refractivity contribution in [1.29, 1.82) is 0 Å². The molecule has 0 aliphatic carbocycles. The van der Waals surface area contributed by atoms with E-state index in [1.807, 2.05) is 6.92 Å². The Bertz CT molecular complexity index is 820. The molecule has 0 aliphatic heterocycles. The highest BCUT2D eigenvalue weighted by Crippen LogP contribution is 2.32. The molecule has 0 aliphatic rings. The van der Waals surface area contributed by atoms with Crippen molar-refractivity contribution in [3.05, 3.63) is 53.6 Å². The third-order valence-electron chi connectivity index (χ3n) is 3.33. The maximum absolute atomic E-state index is 12.9. The molecule has 0 saturated carbocycles. The molecular weight excluding hydrogens is 365 g/mol. The number of hydrogen-bond donors (Lipinski definition) is 2. The first-order valence-electron chi connectivity index (χ1n) is 7.86. The summed E-state index contributed by atoms with van der Waals surface area (Å²) in [5.74, 6) is -0.714. The van der Waals surface area contributed by atoms with Crippen LogP contribution >= 0.6 is 0 Å². The molecule has 0 fully saturated rings. The second-order valence-corrected chi connectivity index (χ2v) is 5.40. The summed E-state index contributed by atoms with van der Waals surface area (Å²) in [7, 11) is 0. The Morgan fingerprint density at radius 2 is 1.63 bits per heavy atom. The Morgan fingerprint density at radius 3 is 2.15 bits per heavy atom. The highest BCUT2D eigenvalue weighted by molar-refractivity contribution is 5.97. The molecule has 0 aromatic heterocycles. The fourth-order valence-electron chi connectivity index (χ4n) is 2.15. The van der Waals surface area contributed by atoms with E-state index in [1.165, 1.54) is 0 Å². The van der Waals surface area contributed by atoms with Crippen molar-refractivity contribution >= 4 is 17.5 Å². The van der Waals surface area contributed by atoms with Gasteiger partial charge in [-0.1, -0.05) is 0 Å². The summed E-state index contributed by atoms with van der Waals surface area (Å²) in [6.45, 7) is 1.91. The number of nitrogens with one attached hydrogen (secondary N) is 1. The molecular formula is C18H17F3N2O4. The molecule has 2 rings (SSSR count). The number of alkyl halides is 3. The van der Waals surface area contributed by atoms with Crippen LogP contribution in [0.3, 0.4) is 0 Å². The number of anilines is 1. The van der Waals surface area contributed by atoms with Crippen LogP contribution in [0, 0.1) is 0 Å². The van der Waals surface area contributed by atoms with E-state index in [2.05, 4.69) is 5.32 Å². The van der Waals surface area contributed by atoms with Crippen LogP contribution in [0.1, 0.15) is 22.8 Å². The molecule has 0 unspecified atom stereocenters. The number of hydrogen-bond acceptors (Lipinski definition) is 4. The van der Waals surface area contributed by atoms with Gasteiger partial charge in [-0.2, -0.15) is 13.2 Å². The number of halogens is 3. The van der Waals surface area contributed by atoms with Gasteiger partial charge in [-0.05, 0) is 49.4 Å². The third-order valence-corrected chi connectivity index (χ3v) is 3.33. The summed E-state index contributed by atoms with van der Waals surface area (Å²) >= 11 is 0. The number of rotatable bonds is 7. The van der Waals surface area contributed by atoms with Gasteiger partial charge < -0.3 is 20.5 Å². The Morgan fingerprint density at radius 1 is 1.04 bits per heavy atom. The zero-order valence-electron chi connectivity index (χ0n) is 14.3. The lowest BCUT2D eigenvalue weighted by Gasteiger charge is -2.12. The van der Waals surface area contributed by atoms with Crippen molar-refractivity contribution < 1.29 is 32.2 Å². The van der Waals surface area contributed by atoms with E-state index in [-0.39, 0.29) is 11.3 Å². The smallest absolute Gasteiger partial charge is 0.416 e. The fraction of sp³-hybridized carbons (Fsp3) is 0.222. The van der Waals surface area contributed by atoms with E-state index in [4.69, 9.17) is 15.2 Å². The predicted molar refractivity (Wildman–Crippen MR) is 91.7 cm³/mol. The quantitative estimate of drug-likeness (QED) is 0.769. The first kappa shape index (κ1) is 20.1. The fourth-order valence-corrected chi connectivity index (χ4v) is 2.15. The van der Waals surface area contributed by atoms with Gasteiger partial charge in [0.1, 0.15) is 11.5 Å². The normalized spacial score (nSPS) is 11.0. The van der Waals surface area contributed by atoms with E-state index in [9.17, 15) is 22.8 Å². The standard InChI is InChI=1S/C18H17F3N2O4/c1-2-26-14-3-5-15(6-4-14)27-10-16(24)23-13-8-11(17(22)25)7-12(9-13)18(19,20)21/h3-9H,2,10H2,1H3,(H2,22,25)(H,23,24). The lowest BCUT2D eigenvalue weighted by atomic mass is 10.1. The average molecular weight is 382 g/mol. The molecule has 0 saturated heterocycles. The second-order valence-electron chi connectivity index (χ2n) is 5.40. The van der Waals surface area contributed by atoms with Crippen molar-refractivity contribution in [3.8, 4) is 11.5 Å². The molecule has 0 spiro atoms. The Hall–Kier alpha value is -3.23. The molecule has 9 heteroatoms. The van der Waals surface area contributed by atoms with E-state index in [0.29, 0.717) is 30.2 Å². The molecule has 144 valence electrons. The van der Waals surface area contributed by atoms with Gasteiger partial charge in [0.25, 0.3) is 5.91 Å². The minimum absolute atomic E-state index is 0.209. The third kappa shape index (κ3) is 5.91. The van der Waals surface area contributed by atoms with Gasteiger partial charge in [0.05, 0.1) is 12.2 Å². The van der Waals surface area contributed by atoms with Gasteiger partial charge in [-0.15, -0.1) is 0 Å². The summed E-state index contributed by atoms with van der Waals surface area (Å²) in [6, 6.07) is 8.88. The van der Waals surface area contributed by atoms with E-state index in [1.54, 1.807) is 24.3 Å². The lowest BCUT2D eigenvalue weighted by Crippen LogP contribution is -2.21. The van der Waals surface area contributed by atoms with Gasteiger partial charge in [-0.3, -0.25) is 9.59 Å². The van der Waals surface area contributed by atoms with Gasteiger partial charge in [-0.25, -0.2) is 0 Å². The van der Waals surface area contributed by atoms with E-state index in [0.717, 1.165) is 6.07 Å². The maximum atomic E-state index is 12.9. The number of primary amides is 1. The molecule has 2 aromatic rings. The highest BCUT2D eigenvalue weighted by atomic mass is 19.4. The maximum Gasteiger partial charge on any atom is 0.416 e. The first-order chi connectivity index (χ1) is 12.7. The van der Waals surface area contributed by atoms with Crippen LogP contribution < -0.4 is 20.5 Å². The molecule has 2 aromatic carbocycles. The lowest BCUT2D eigenvalue weighted by molar-refractivity contribution is -0.137. The number of nitrogens with two attached hydrogens (primary N) is 1. The molecule has 2 amide bonds. The monoisotopic (exact) mass is 382 g/mol. The van der Waals surface area contributed by atoms with Crippen LogP contribution in [0.4, 0.5) is 18.9 Å². The van der Waals surface area contributed by atoms with Crippen LogP contribution in [0.15, 0.2) is 42.5 Å². The molecule has 6 nitrogen and oxygen atoms in total. The number of benzene rings is 2. The van der Waals surface area contributed by atoms with Crippen molar-refractivity contribution in [1.82, 2.24) is 0 Å². The molecule has 0 radical (unpaired) electrons. The van der Waals surface area contributed by atoms with Crippen molar-refractivity contribution in [2.24, 2.45) is 5.73 Å². The number of carbonyl (C=O) groups is 2. The van der Waals surface area contributed by atoms with Crippen LogP contribution in [-0.4, -0.2) is 25.0 Å². The summed E-state index contributed by atoms with van der Waals surface area (Å²) in [4.78, 5) is 23.1. The van der Waals surface area contributed by atoms with E-state index >= 15 is 0 Å². The van der Waals surface area contributed by atoms with Crippen molar-refractivity contribution in [2.75, 3.05) is 18.5 Å². The SMILES string of the molecule is CCOc1ccc(OCC(=O)Nc2cc(C(N)=O)cc(C(F)(F)F)c2)cc1. The molecule has 27 heavy (non-hydrogen) atoms. The number of carbonyl (C=O) groups excluding carboxylic acids is 2. The minimum atomic E-state index is -4.69. The zero-order valence-corrected chi connectivity index (χ0v) is 14.3. The Labute approximate surface area is 153 Å². The van der Waals surface area contributed by atoms with Gasteiger partial charge in [0.15, 0.2) is 6.61 Å². The summed E-state index contributed by atoms with van der Waals surface area (Å²) in [6.07, 6.45) is -4.69. The summed E-state index contributed by atoms with van der Waals surface area (Å²) < 4.78 is 49.3. The first-order valence-corrected chi connectivity index (χ1v) is 7.86. The van der Waals surface area contributed by atoms with Crippen LogP contribution in [0.2, 0.25) is 0 Å². The van der Waals surface area contributed by atoms with Gasteiger partial charge in [0, 0.05) is 11.3 Å². The average Bonchev–Trinajstić information content (AvgIpc) is 2.60. The molecule has 0 heterocycles. The zero-order chi connectivity index (χ0) is 20.0. The van der Waals surface area contributed by atoms with Crippen LogP contribution in [-0.2, 0) is 11.0 Å². The Kier molecular flexibility index (Phi) is 6.27.